The molecule has 0 aliphatic heterocycles. The van der Waals surface area contributed by atoms with E-state index in [1.165, 1.54) is 32.1 Å². The fourth-order valence-corrected chi connectivity index (χ4v) is 3.60. The zero-order valence-corrected chi connectivity index (χ0v) is 14.7. The van der Waals surface area contributed by atoms with Crippen LogP contribution in [0.4, 0.5) is 0 Å². The Bertz CT molecular complexity index is 720. The van der Waals surface area contributed by atoms with Crippen molar-refractivity contribution in [3.63, 3.8) is 0 Å². The normalized spacial score (nSPS) is 18.2. The Morgan fingerprint density at radius 1 is 1.32 bits per heavy atom. The van der Waals surface area contributed by atoms with Crippen molar-refractivity contribution in [3.8, 4) is 0 Å². The average Bonchev–Trinajstić information content (AvgIpc) is 2.99. The molecule has 136 valence electrons. The fraction of sp³-hybridized carbons (Fsp3) is 0.579. The molecule has 1 amide bonds. The molecule has 3 rings (SSSR count). The van der Waals surface area contributed by atoms with Crippen LogP contribution in [-0.2, 0) is 6.54 Å². The van der Waals surface area contributed by atoms with E-state index in [9.17, 15) is 15.0 Å². The number of carbonyl (C=O) groups is 1. The van der Waals surface area contributed by atoms with Gasteiger partial charge in [-0.1, -0.05) is 37.5 Å². The summed E-state index contributed by atoms with van der Waals surface area (Å²) in [5.41, 5.74) is 1.31. The highest BCUT2D eigenvalue weighted by Crippen LogP contribution is 2.27. The predicted octanol–water partition coefficient (Wildman–Crippen LogP) is 2.09. The summed E-state index contributed by atoms with van der Waals surface area (Å²) in [6.45, 7) is 2.05. The number of carbonyl (C=O) groups excluding carboxylic acids is 1. The molecule has 1 aliphatic rings. The maximum Gasteiger partial charge on any atom is 0.272 e. The SMILES string of the molecule is C[C@H](O)[C@H](CO)NC(=O)c1nn(CC2CCCCC2)c2ccccc12. The third kappa shape index (κ3) is 4.02. The van der Waals surface area contributed by atoms with Crippen LogP contribution in [0.1, 0.15) is 49.5 Å². The standard InChI is InChI=1S/C19H27N3O3/c1-13(24)16(12-23)20-19(25)18-15-9-5-6-10-17(15)22(21-18)11-14-7-3-2-4-8-14/h5-6,9-10,13-14,16,23-24H,2-4,7-8,11-12H2,1H3,(H,20,25)/t13-,16-/m0/s1. The minimum Gasteiger partial charge on any atom is -0.394 e. The summed E-state index contributed by atoms with van der Waals surface area (Å²) in [5.74, 6) is 0.245. The highest BCUT2D eigenvalue weighted by atomic mass is 16.3. The number of nitrogens with one attached hydrogen (secondary N) is 1. The van der Waals surface area contributed by atoms with Crippen molar-refractivity contribution in [2.75, 3.05) is 6.61 Å². The van der Waals surface area contributed by atoms with Gasteiger partial charge in [0.25, 0.3) is 5.91 Å². The number of rotatable bonds is 6. The van der Waals surface area contributed by atoms with Gasteiger partial charge in [-0.05, 0) is 31.7 Å². The van der Waals surface area contributed by atoms with Crippen molar-refractivity contribution >= 4 is 16.8 Å². The van der Waals surface area contributed by atoms with E-state index in [1.807, 2.05) is 28.9 Å². The summed E-state index contributed by atoms with van der Waals surface area (Å²) < 4.78 is 1.94. The summed E-state index contributed by atoms with van der Waals surface area (Å²) in [6.07, 6.45) is 5.44. The molecule has 0 saturated heterocycles. The van der Waals surface area contributed by atoms with Gasteiger partial charge in [-0.2, -0.15) is 5.10 Å². The van der Waals surface area contributed by atoms with Crippen LogP contribution in [0.2, 0.25) is 0 Å². The van der Waals surface area contributed by atoms with Gasteiger partial charge in [-0.25, -0.2) is 0 Å². The molecule has 2 atom stereocenters. The fourth-order valence-electron chi connectivity index (χ4n) is 3.60. The first kappa shape index (κ1) is 17.9. The van der Waals surface area contributed by atoms with E-state index in [0.717, 1.165) is 17.4 Å². The van der Waals surface area contributed by atoms with E-state index in [0.29, 0.717) is 11.6 Å². The highest BCUT2D eigenvalue weighted by molar-refractivity contribution is 6.05. The van der Waals surface area contributed by atoms with Crippen LogP contribution in [0.15, 0.2) is 24.3 Å². The van der Waals surface area contributed by atoms with Gasteiger partial charge in [0.2, 0.25) is 0 Å². The summed E-state index contributed by atoms with van der Waals surface area (Å²) in [5, 5.41) is 27.0. The number of hydrogen-bond donors (Lipinski definition) is 3. The van der Waals surface area contributed by atoms with Crippen LogP contribution < -0.4 is 5.32 Å². The van der Waals surface area contributed by atoms with E-state index < -0.39 is 12.1 Å². The van der Waals surface area contributed by atoms with Crippen LogP contribution in [-0.4, -0.2) is 44.7 Å². The zero-order valence-electron chi connectivity index (χ0n) is 14.7. The molecular formula is C19H27N3O3. The number of aliphatic hydroxyl groups is 2. The lowest BCUT2D eigenvalue weighted by atomic mass is 9.89. The molecule has 0 radical (unpaired) electrons. The summed E-state index contributed by atoms with van der Waals surface area (Å²) in [7, 11) is 0. The second-order valence-electron chi connectivity index (χ2n) is 7.06. The maximum absolute atomic E-state index is 12.6. The van der Waals surface area contributed by atoms with Gasteiger partial charge >= 0.3 is 0 Å². The lowest BCUT2D eigenvalue weighted by Crippen LogP contribution is -2.44. The molecule has 2 aromatic rings. The first-order valence-corrected chi connectivity index (χ1v) is 9.15. The number of aromatic nitrogens is 2. The van der Waals surface area contributed by atoms with E-state index in [2.05, 4.69) is 10.4 Å². The minimum atomic E-state index is -0.829. The first-order chi connectivity index (χ1) is 12.1. The number of benzene rings is 1. The molecule has 25 heavy (non-hydrogen) atoms. The summed E-state index contributed by atoms with van der Waals surface area (Å²) in [4.78, 5) is 12.6. The van der Waals surface area contributed by atoms with Gasteiger partial charge < -0.3 is 15.5 Å². The number of hydrogen-bond acceptors (Lipinski definition) is 4. The highest BCUT2D eigenvalue weighted by Gasteiger charge is 2.23. The minimum absolute atomic E-state index is 0.315. The molecule has 6 nitrogen and oxygen atoms in total. The molecule has 1 fully saturated rings. The van der Waals surface area contributed by atoms with Crippen molar-refractivity contribution in [2.45, 2.75) is 57.7 Å². The Morgan fingerprint density at radius 2 is 2.04 bits per heavy atom. The number of fused-ring (bicyclic) bond motifs is 1. The van der Waals surface area contributed by atoms with Crippen LogP contribution in [0.5, 0.6) is 0 Å². The van der Waals surface area contributed by atoms with E-state index in [-0.39, 0.29) is 12.5 Å². The molecule has 3 N–H and O–H groups in total. The lowest BCUT2D eigenvalue weighted by Gasteiger charge is -2.21. The van der Waals surface area contributed by atoms with Crippen LogP contribution >= 0.6 is 0 Å². The number of aliphatic hydroxyl groups excluding tert-OH is 2. The van der Waals surface area contributed by atoms with Gasteiger partial charge in [0, 0.05) is 11.9 Å². The summed E-state index contributed by atoms with van der Waals surface area (Å²) in [6, 6.07) is 7.03. The molecule has 6 heteroatoms. The van der Waals surface area contributed by atoms with E-state index in [1.54, 1.807) is 6.92 Å². The Kier molecular flexibility index (Phi) is 5.71. The molecule has 0 spiro atoms. The molecular weight excluding hydrogens is 318 g/mol. The molecule has 1 heterocycles. The van der Waals surface area contributed by atoms with Crippen LogP contribution in [0.25, 0.3) is 10.9 Å². The molecule has 1 aliphatic carbocycles. The van der Waals surface area contributed by atoms with Crippen molar-refractivity contribution < 1.29 is 15.0 Å². The quantitative estimate of drug-likeness (QED) is 0.748. The monoisotopic (exact) mass is 345 g/mol. The average molecular weight is 345 g/mol. The Hall–Kier alpha value is -1.92. The Morgan fingerprint density at radius 3 is 2.72 bits per heavy atom. The van der Waals surface area contributed by atoms with Gasteiger partial charge in [0.1, 0.15) is 0 Å². The Balaban J connectivity index is 1.86. The summed E-state index contributed by atoms with van der Waals surface area (Å²) >= 11 is 0. The second kappa shape index (κ2) is 7.97. The van der Waals surface area contributed by atoms with Crippen LogP contribution in [0.3, 0.4) is 0 Å². The molecule has 0 bridgehead atoms. The van der Waals surface area contributed by atoms with Crippen molar-refractivity contribution in [1.29, 1.82) is 0 Å². The third-order valence-corrected chi connectivity index (χ3v) is 5.12. The first-order valence-electron chi connectivity index (χ1n) is 9.15. The lowest BCUT2D eigenvalue weighted by molar-refractivity contribution is 0.0754. The van der Waals surface area contributed by atoms with Crippen molar-refractivity contribution in [2.24, 2.45) is 5.92 Å². The predicted molar refractivity (Wildman–Crippen MR) is 96.3 cm³/mol. The number of para-hydroxylation sites is 1. The maximum atomic E-state index is 12.6. The van der Waals surface area contributed by atoms with Gasteiger partial charge in [0.15, 0.2) is 5.69 Å². The smallest absolute Gasteiger partial charge is 0.272 e. The van der Waals surface area contributed by atoms with Gasteiger partial charge in [0.05, 0.1) is 24.3 Å². The van der Waals surface area contributed by atoms with Crippen molar-refractivity contribution in [3.05, 3.63) is 30.0 Å². The Labute approximate surface area is 147 Å². The largest absolute Gasteiger partial charge is 0.394 e. The number of nitrogens with zero attached hydrogens (tertiary/aromatic N) is 2. The van der Waals surface area contributed by atoms with E-state index >= 15 is 0 Å². The second-order valence-corrected chi connectivity index (χ2v) is 7.06. The zero-order chi connectivity index (χ0) is 17.8. The number of amides is 1. The molecule has 0 unspecified atom stereocenters. The van der Waals surface area contributed by atoms with Gasteiger partial charge in [-0.3, -0.25) is 9.48 Å². The molecule has 1 aromatic heterocycles. The molecule has 1 saturated carbocycles. The molecule has 1 aromatic carbocycles. The third-order valence-electron chi connectivity index (χ3n) is 5.12. The van der Waals surface area contributed by atoms with E-state index in [4.69, 9.17) is 0 Å². The topological polar surface area (TPSA) is 87.4 Å². The van der Waals surface area contributed by atoms with Gasteiger partial charge in [-0.15, -0.1) is 0 Å². The van der Waals surface area contributed by atoms with Crippen LogP contribution in [0, 0.1) is 5.92 Å². The van der Waals surface area contributed by atoms with Crippen molar-refractivity contribution in [1.82, 2.24) is 15.1 Å².